The van der Waals surface area contributed by atoms with Crippen molar-refractivity contribution < 1.29 is 9.59 Å². The summed E-state index contributed by atoms with van der Waals surface area (Å²) in [7, 11) is 3.41. The van der Waals surface area contributed by atoms with Gasteiger partial charge in [-0.15, -0.1) is 0 Å². The Hall–Kier alpha value is -1.88. The molecule has 3 N–H and O–H groups in total. The number of carbonyl (C=O) groups is 2. The highest BCUT2D eigenvalue weighted by Gasteiger charge is 2.31. The van der Waals surface area contributed by atoms with Crippen molar-refractivity contribution in [1.82, 2.24) is 4.90 Å². The maximum atomic E-state index is 12.3. The standard InChI is InChI=1S/C16H23N3O2/c1-19(2)16(21)11-5-3-7-13(9-11)18-15(20)14-8-4-6-12(14)10-17/h3,5,7,9,12,14H,4,6,8,10,17H2,1-2H3,(H,18,20). The number of anilines is 1. The van der Waals surface area contributed by atoms with Gasteiger partial charge in [-0.3, -0.25) is 9.59 Å². The van der Waals surface area contributed by atoms with Crippen LogP contribution in [0.15, 0.2) is 24.3 Å². The first-order valence-corrected chi connectivity index (χ1v) is 7.35. The van der Waals surface area contributed by atoms with Crippen LogP contribution in [0.3, 0.4) is 0 Å². The highest BCUT2D eigenvalue weighted by Crippen LogP contribution is 2.31. The van der Waals surface area contributed by atoms with E-state index in [0.717, 1.165) is 19.3 Å². The van der Waals surface area contributed by atoms with Crippen molar-refractivity contribution in [2.45, 2.75) is 19.3 Å². The number of nitrogens with two attached hydrogens (primary N) is 1. The number of nitrogens with zero attached hydrogens (tertiary/aromatic N) is 1. The Labute approximate surface area is 125 Å². The largest absolute Gasteiger partial charge is 0.345 e. The van der Waals surface area contributed by atoms with Crippen molar-refractivity contribution >= 4 is 17.5 Å². The lowest BCUT2D eigenvalue weighted by Crippen LogP contribution is -2.29. The molecule has 1 aliphatic rings. The van der Waals surface area contributed by atoms with Gasteiger partial charge in [0.05, 0.1) is 0 Å². The number of carbonyl (C=O) groups excluding carboxylic acids is 2. The molecule has 1 aliphatic carbocycles. The number of hydrogen-bond acceptors (Lipinski definition) is 3. The number of rotatable bonds is 4. The molecule has 5 heteroatoms. The summed E-state index contributed by atoms with van der Waals surface area (Å²) in [6, 6.07) is 7.04. The summed E-state index contributed by atoms with van der Waals surface area (Å²) in [5.74, 6) is 0.198. The Kier molecular flexibility index (Phi) is 4.96. The molecule has 0 aliphatic heterocycles. The normalized spacial score (nSPS) is 21.1. The Morgan fingerprint density at radius 1 is 1.33 bits per heavy atom. The first kappa shape index (κ1) is 15.5. The topological polar surface area (TPSA) is 75.4 Å². The molecule has 21 heavy (non-hydrogen) atoms. The summed E-state index contributed by atoms with van der Waals surface area (Å²) >= 11 is 0. The maximum absolute atomic E-state index is 12.3. The molecule has 114 valence electrons. The molecule has 0 bridgehead atoms. The lowest BCUT2D eigenvalue weighted by molar-refractivity contribution is -0.120. The average molecular weight is 289 g/mol. The summed E-state index contributed by atoms with van der Waals surface area (Å²) < 4.78 is 0. The molecule has 1 saturated carbocycles. The van der Waals surface area contributed by atoms with Crippen molar-refractivity contribution in [3.8, 4) is 0 Å². The first-order valence-electron chi connectivity index (χ1n) is 7.35. The second kappa shape index (κ2) is 6.72. The highest BCUT2D eigenvalue weighted by molar-refractivity contribution is 5.97. The van der Waals surface area contributed by atoms with E-state index in [1.54, 1.807) is 38.4 Å². The van der Waals surface area contributed by atoms with Crippen LogP contribution in [0.25, 0.3) is 0 Å². The van der Waals surface area contributed by atoms with Crippen LogP contribution < -0.4 is 11.1 Å². The fourth-order valence-electron chi connectivity index (χ4n) is 2.89. The Morgan fingerprint density at radius 3 is 2.76 bits per heavy atom. The van der Waals surface area contributed by atoms with Crippen molar-refractivity contribution in [3.05, 3.63) is 29.8 Å². The van der Waals surface area contributed by atoms with Gasteiger partial charge in [0.15, 0.2) is 0 Å². The summed E-state index contributed by atoms with van der Waals surface area (Å²) in [6.45, 7) is 0.553. The van der Waals surface area contributed by atoms with Crippen LogP contribution in [0.4, 0.5) is 5.69 Å². The van der Waals surface area contributed by atoms with Crippen LogP contribution >= 0.6 is 0 Å². The Bertz CT molecular complexity index is 528. The second-order valence-electron chi connectivity index (χ2n) is 5.80. The third-order valence-electron chi connectivity index (χ3n) is 4.08. The monoisotopic (exact) mass is 289 g/mol. The molecule has 2 atom stereocenters. The Morgan fingerprint density at radius 2 is 2.10 bits per heavy atom. The van der Waals surface area contributed by atoms with E-state index in [2.05, 4.69) is 5.32 Å². The fraction of sp³-hybridized carbons (Fsp3) is 0.500. The van der Waals surface area contributed by atoms with Crippen LogP contribution in [0.1, 0.15) is 29.6 Å². The fourth-order valence-corrected chi connectivity index (χ4v) is 2.89. The van der Waals surface area contributed by atoms with Gasteiger partial charge in [0.1, 0.15) is 0 Å². The molecule has 1 aromatic rings. The molecule has 0 saturated heterocycles. The predicted octanol–water partition coefficient (Wildman–Crippen LogP) is 1.70. The maximum Gasteiger partial charge on any atom is 0.253 e. The molecule has 1 fully saturated rings. The van der Waals surface area contributed by atoms with Gasteiger partial charge >= 0.3 is 0 Å². The molecule has 0 spiro atoms. The molecule has 2 unspecified atom stereocenters. The number of hydrogen-bond donors (Lipinski definition) is 2. The highest BCUT2D eigenvalue weighted by atomic mass is 16.2. The summed E-state index contributed by atoms with van der Waals surface area (Å²) in [4.78, 5) is 25.8. The third-order valence-corrected chi connectivity index (χ3v) is 4.08. The van der Waals surface area contributed by atoms with Crippen molar-refractivity contribution in [2.24, 2.45) is 17.6 Å². The van der Waals surface area contributed by atoms with E-state index in [9.17, 15) is 9.59 Å². The minimum absolute atomic E-state index is 0.0109. The number of nitrogens with one attached hydrogen (secondary N) is 1. The summed E-state index contributed by atoms with van der Waals surface area (Å²) in [5, 5.41) is 2.92. The molecule has 2 amide bonds. The van der Waals surface area contributed by atoms with Crippen LogP contribution in [0.5, 0.6) is 0 Å². The van der Waals surface area contributed by atoms with E-state index < -0.39 is 0 Å². The summed E-state index contributed by atoms with van der Waals surface area (Å²) in [6.07, 6.45) is 2.97. The van der Waals surface area contributed by atoms with Gasteiger partial charge in [0.25, 0.3) is 5.91 Å². The SMILES string of the molecule is CN(C)C(=O)c1cccc(NC(=O)C2CCCC2CN)c1. The van der Waals surface area contributed by atoms with Gasteiger partial charge in [0, 0.05) is 31.3 Å². The van der Waals surface area contributed by atoms with Crippen molar-refractivity contribution in [1.29, 1.82) is 0 Å². The number of benzene rings is 1. The minimum atomic E-state index is -0.0770. The van der Waals surface area contributed by atoms with Gasteiger partial charge < -0.3 is 16.0 Å². The lowest BCUT2D eigenvalue weighted by atomic mass is 9.95. The van der Waals surface area contributed by atoms with Crippen molar-refractivity contribution in [2.75, 3.05) is 26.0 Å². The zero-order valence-corrected chi connectivity index (χ0v) is 12.6. The average Bonchev–Trinajstić information content (AvgIpc) is 2.95. The summed E-state index contributed by atoms with van der Waals surface area (Å²) in [5.41, 5.74) is 6.95. The molecule has 5 nitrogen and oxygen atoms in total. The van der Waals surface area contributed by atoms with Gasteiger partial charge in [0.2, 0.25) is 5.91 Å². The molecule has 0 radical (unpaired) electrons. The molecule has 1 aromatic carbocycles. The smallest absolute Gasteiger partial charge is 0.253 e. The van der Waals surface area contributed by atoms with Gasteiger partial charge in [-0.1, -0.05) is 12.5 Å². The van der Waals surface area contributed by atoms with E-state index in [1.165, 1.54) is 4.90 Å². The van der Waals surface area contributed by atoms with E-state index in [1.807, 2.05) is 0 Å². The van der Waals surface area contributed by atoms with E-state index in [-0.39, 0.29) is 23.7 Å². The molecule has 2 rings (SSSR count). The van der Waals surface area contributed by atoms with Crippen LogP contribution in [-0.4, -0.2) is 37.4 Å². The van der Waals surface area contributed by atoms with Crippen LogP contribution in [0, 0.1) is 11.8 Å². The van der Waals surface area contributed by atoms with E-state index in [4.69, 9.17) is 5.73 Å². The molecule has 0 aromatic heterocycles. The lowest BCUT2D eigenvalue weighted by Gasteiger charge is -2.18. The van der Waals surface area contributed by atoms with Gasteiger partial charge in [-0.25, -0.2) is 0 Å². The number of amides is 2. The zero-order valence-electron chi connectivity index (χ0n) is 12.6. The van der Waals surface area contributed by atoms with Crippen LogP contribution in [-0.2, 0) is 4.79 Å². The zero-order chi connectivity index (χ0) is 15.4. The molecular weight excluding hydrogens is 266 g/mol. The van der Waals surface area contributed by atoms with Gasteiger partial charge in [-0.05, 0) is 43.5 Å². The predicted molar refractivity (Wildman–Crippen MR) is 83.0 cm³/mol. The third kappa shape index (κ3) is 3.61. The van der Waals surface area contributed by atoms with E-state index in [0.29, 0.717) is 17.8 Å². The first-order chi connectivity index (χ1) is 10.0. The Balaban J connectivity index is 2.07. The second-order valence-corrected chi connectivity index (χ2v) is 5.80. The van der Waals surface area contributed by atoms with Crippen molar-refractivity contribution in [3.63, 3.8) is 0 Å². The quantitative estimate of drug-likeness (QED) is 0.886. The molecule has 0 heterocycles. The molecular formula is C16H23N3O2. The van der Waals surface area contributed by atoms with Crippen LogP contribution in [0.2, 0.25) is 0 Å². The minimum Gasteiger partial charge on any atom is -0.345 e. The van der Waals surface area contributed by atoms with Gasteiger partial charge in [-0.2, -0.15) is 0 Å². The van der Waals surface area contributed by atoms with E-state index >= 15 is 0 Å².